The smallest absolute Gasteiger partial charge is 0.315 e. The first kappa shape index (κ1) is 21.7. The van der Waals surface area contributed by atoms with Gasteiger partial charge in [-0.15, -0.1) is 0 Å². The van der Waals surface area contributed by atoms with Crippen molar-refractivity contribution in [2.24, 2.45) is 11.8 Å². The molecule has 5 aliphatic rings. The Morgan fingerprint density at radius 3 is 2.15 bits per heavy atom. The monoisotopic (exact) mass is 458 g/mol. The van der Waals surface area contributed by atoms with E-state index in [0.29, 0.717) is 38.0 Å². The number of nitrogens with zero attached hydrogens (tertiary/aromatic N) is 1. The number of rotatable bonds is 6. The van der Waals surface area contributed by atoms with Gasteiger partial charge in [0.15, 0.2) is 0 Å². The van der Waals surface area contributed by atoms with Crippen LogP contribution in [-0.4, -0.2) is 34.5 Å². The van der Waals surface area contributed by atoms with E-state index in [1.165, 1.54) is 17.5 Å². The second kappa shape index (κ2) is 8.42. The zero-order valence-electron chi connectivity index (χ0n) is 19.7. The van der Waals surface area contributed by atoms with Crippen molar-refractivity contribution in [1.82, 2.24) is 20.9 Å². The molecule has 4 fully saturated rings. The summed E-state index contributed by atoms with van der Waals surface area (Å²) in [6.07, 6.45) is 6.52. The fraction of sp³-hybridized carbons (Fsp3) is 0.500. The highest BCUT2D eigenvalue weighted by Gasteiger charge is 2.58. The van der Waals surface area contributed by atoms with Crippen LogP contribution in [0.4, 0.5) is 4.79 Å². The fourth-order valence-electron chi connectivity index (χ4n) is 7.56. The van der Waals surface area contributed by atoms with Gasteiger partial charge in [0.05, 0.1) is 6.54 Å². The van der Waals surface area contributed by atoms with Gasteiger partial charge in [-0.25, -0.2) is 4.79 Å². The quantitative estimate of drug-likeness (QED) is 0.618. The minimum absolute atomic E-state index is 0.0426. The second-order valence-electron chi connectivity index (χ2n) is 11.2. The van der Waals surface area contributed by atoms with Crippen LogP contribution >= 0.6 is 0 Å². The third kappa shape index (κ3) is 4.20. The molecule has 4 aliphatic carbocycles. The molecule has 6 heteroatoms. The summed E-state index contributed by atoms with van der Waals surface area (Å²) in [5.74, 6) is 1.41. The number of carbonyl (C=O) groups excluding carboxylic acids is 2. The molecule has 4 bridgehead atoms. The lowest BCUT2D eigenvalue weighted by molar-refractivity contribution is -0.132. The first-order valence-electron chi connectivity index (χ1n) is 12.7. The molecule has 3 amide bonds. The lowest BCUT2D eigenvalue weighted by Gasteiger charge is -2.62. The molecular formula is C28H34N4O2. The van der Waals surface area contributed by atoms with Crippen LogP contribution in [0.1, 0.15) is 55.2 Å². The van der Waals surface area contributed by atoms with Gasteiger partial charge in [0.2, 0.25) is 5.91 Å². The highest BCUT2D eigenvalue weighted by molar-refractivity contribution is 5.79. The average molecular weight is 459 g/mol. The molecule has 34 heavy (non-hydrogen) atoms. The van der Waals surface area contributed by atoms with E-state index in [9.17, 15) is 9.59 Å². The number of nitrogens with one attached hydrogen (secondary N) is 3. The molecule has 6 nitrogen and oxygen atoms in total. The zero-order chi connectivity index (χ0) is 23.2. The molecular weight excluding hydrogens is 424 g/mol. The largest absolute Gasteiger partial charge is 0.334 e. The van der Waals surface area contributed by atoms with E-state index in [0.717, 1.165) is 37.7 Å². The van der Waals surface area contributed by atoms with Gasteiger partial charge in [-0.3, -0.25) is 4.79 Å². The predicted octanol–water partition coefficient (Wildman–Crippen LogP) is 3.71. The standard InChI is InChI=1S/C28H34N4O2/c33-25(32-17-23-8-4-5-9-24(23)18-32)16-30-27-11-21-10-22(12-27)14-28(13-21,19-27)31-26(34)29-15-20-6-2-1-3-7-20/h1-9,21-22,30H,10-19H2,(H2,29,31,34). The maximum absolute atomic E-state index is 13.1. The molecule has 2 atom stereocenters. The highest BCUT2D eigenvalue weighted by Crippen LogP contribution is 2.57. The van der Waals surface area contributed by atoms with E-state index in [4.69, 9.17) is 0 Å². The number of benzene rings is 2. The first-order valence-corrected chi connectivity index (χ1v) is 12.7. The van der Waals surface area contributed by atoms with Crippen LogP contribution in [0.25, 0.3) is 0 Å². The van der Waals surface area contributed by atoms with Gasteiger partial charge in [-0.05, 0) is 67.1 Å². The molecule has 2 unspecified atom stereocenters. The lowest BCUT2D eigenvalue weighted by Crippen LogP contribution is -2.70. The van der Waals surface area contributed by atoms with Crippen LogP contribution in [-0.2, 0) is 24.4 Å². The highest BCUT2D eigenvalue weighted by atomic mass is 16.2. The number of urea groups is 1. The van der Waals surface area contributed by atoms with E-state index >= 15 is 0 Å². The Morgan fingerprint density at radius 1 is 0.853 bits per heavy atom. The van der Waals surface area contributed by atoms with E-state index in [-0.39, 0.29) is 23.0 Å². The van der Waals surface area contributed by atoms with E-state index in [1.54, 1.807) is 0 Å². The van der Waals surface area contributed by atoms with Gasteiger partial charge in [0.25, 0.3) is 0 Å². The van der Waals surface area contributed by atoms with E-state index < -0.39 is 0 Å². The predicted molar refractivity (Wildman–Crippen MR) is 131 cm³/mol. The molecule has 0 radical (unpaired) electrons. The fourth-order valence-corrected chi connectivity index (χ4v) is 7.56. The van der Waals surface area contributed by atoms with Crippen LogP contribution in [0.5, 0.6) is 0 Å². The molecule has 2 aromatic carbocycles. The van der Waals surface area contributed by atoms with Gasteiger partial charge in [0.1, 0.15) is 0 Å². The Balaban J connectivity index is 1.08. The van der Waals surface area contributed by atoms with Crippen molar-refractivity contribution >= 4 is 11.9 Å². The first-order chi connectivity index (χ1) is 16.5. The molecule has 0 aromatic heterocycles. The summed E-state index contributed by atoms with van der Waals surface area (Å²) < 4.78 is 0. The summed E-state index contributed by atoms with van der Waals surface area (Å²) in [7, 11) is 0. The molecule has 7 rings (SSSR count). The third-order valence-corrected chi connectivity index (χ3v) is 8.54. The van der Waals surface area contributed by atoms with Crippen molar-refractivity contribution in [2.45, 2.75) is 69.2 Å². The zero-order valence-corrected chi connectivity index (χ0v) is 19.7. The Kier molecular flexibility index (Phi) is 5.36. The Bertz CT molecular complexity index is 1050. The van der Waals surface area contributed by atoms with Crippen molar-refractivity contribution in [3.8, 4) is 0 Å². The van der Waals surface area contributed by atoms with Crippen LogP contribution in [0, 0.1) is 11.8 Å². The van der Waals surface area contributed by atoms with Crippen molar-refractivity contribution in [3.05, 3.63) is 71.3 Å². The molecule has 0 saturated heterocycles. The van der Waals surface area contributed by atoms with Gasteiger partial charge < -0.3 is 20.9 Å². The number of carbonyl (C=O) groups is 2. The van der Waals surface area contributed by atoms with Crippen molar-refractivity contribution in [2.75, 3.05) is 6.54 Å². The summed E-state index contributed by atoms with van der Waals surface area (Å²) in [4.78, 5) is 27.9. The van der Waals surface area contributed by atoms with Gasteiger partial charge in [0, 0.05) is 30.7 Å². The summed E-state index contributed by atoms with van der Waals surface area (Å²) in [5, 5.41) is 10.2. The molecule has 3 N–H and O–H groups in total. The second-order valence-corrected chi connectivity index (χ2v) is 11.2. The van der Waals surface area contributed by atoms with Crippen molar-refractivity contribution in [1.29, 1.82) is 0 Å². The van der Waals surface area contributed by atoms with Crippen LogP contribution in [0.3, 0.4) is 0 Å². The summed E-state index contributed by atoms with van der Waals surface area (Å²) in [6, 6.07) is 18.3. The van der Waals surface area contributed by atoms with Crippen LogP contribution in [0.2, 0.25) is 0 Å². The van der Waals surface area contributed by atoms with Gasteiger partial charge in [-0.2, -0.15) is 0 Å². The van der Waals surface area contributed by atoms with Gasteiger partial charge in [-0.1, -0.05) is 54.6 Å². The summed E-state index contributed by atoms with van der Waals surface area (Å²) in [5.41, 5.74) is 3.42. The maximum Gasteiger partial charge on any atom is 0.315 e. The number of hydrogen-bond donors (Lipinski definition) is 3. The SMILES string of the molecule is O=C(NCc1ccccc1)NC12CC3CC(CC(NCC(=O)N4Cc5ccccc5C4)(C3)C1)C2. The topological polar surface area (TPSA) is 73.5 Å². The molecule has 178 valence electrons. The van der Waals surface area contributed by atoms with Crippen molar-refractivity contribution < 1.29 is 9.59 Å². The van der Waals surface area contributed by atoms with E-state index in [2.05, 4.69) is 28.1 Å². The molecule has 1 heterocycles. The minimum Gasteiger partial charge on any atom is -0.334 e. The average Bonchev–Trinajstić information content (AvgIpc) is 3.25. The molecule has 2 aromatic rings. The summed E-state index contributed by atoms with van der Waals surface area (Å²) in [6.45, 7) is 2.33. The van der Waals surface area contributed by atoms with E-state index in [1.807, 2.05) is 47.4 Å². The van der Waals surface area contributed by atoms with Crippen LogP contribution in [0.15, 0.2) is 54.6 Å². The van der Waals surface area contributed by atoms with Crippen molar-refractivity contribution in [3.63, 3.8) is 0 Å². The Morgan fingerprint density at radius 2 is 1.47 bits per heavy atom. The normalized spacial score (nSPS) is 30.8. The lowest BCUT2D eigenvalue weighted by atomic mass is 9.50. The number of fused-ring (bicyclic) bond motifs is 1. The third-order valence-electron chi connectivity index (χ3n) is 8.54. The van der Waals surface area contributed by atoms with Crippen LogP contribution < -0.4 is 16.0 Å². The Hall–Kier alpha value is -2.86. The number of hydrogen-bond acceptors (Lipinski definition) is 3. The number of amides is 3. The maximum atomic E-state index is 13.1. The minimum atomic E-state index is -0.162. The molecule has 1 aliphatic heterocycles. The molecule has 0 spiro atoms. The summed E-state index contributed by atoms with van der Waals surface area (Å²) >= 11 is 0. The van der Waals surface area contributed by atoms with Gasteiger partial charge >= 0.3 is 6.03 Å². The Labute approximate surface area is 201 Å². The molecule has 4 saturated carbocycles.